The van der Waals surface area contributed by atoms with Gasteiger partial charge in [-0.15, -0.1) is 5.10 Å². The van der Waals surface area contributed by atoms with Gasteiger partial charge in [0.2, 0.25) is 11.3 Å². The Bertz CT molecular complexity index is 1610. The van der Waals surface area contributed by atoms with Crippen molar-refractivity contribution in [3.63, 3.8) is 0 Å². The Balaban J connectivity index is 1.13. The lowest BCUT2D eigenvalue weighted by Gasteiger charge is -2.09. The Morgan fingerprint density at radius 2 is 1.62 bits per heavy atom. The van der Waals surface area contributed by atoms with Gasteiger partial charge in [-0.2, -0.15) is 0 Å². The number of tetrazole rings is 1. The molecule has 0 fully saturated rings. The number of ketones is 1. The van der Waals surface area contributed by atoms with Crippen LogP contribution >= 0.6 is 0 Å². The number of nitrogens with one attached hydrogen (secondary N) is 1. The van der Waals surface area contributed by atoms with E-state index in [1.54, 1.807) is 42.5 Å². The first kappa shape index (κ1) is 26.8. The Kier molecular flexibility index (Phi) is 8.60. The number of aryl methyl sites for hydroxylation is 1. The number of carbonyl (C=O) groups is 1. The molecule has 3 aromatic carbocycles. The summed E-state index contributed by atoms with van der Waals surface area (Å²) in [6, 6.07) is 22.4. The summed E-state index contributed by atoms with van der Waals surface area (Å²) >= 11 is 0. The lowest BCUT2D eigenvalue weighted by atomic mass is 9.98. The number of nitrogen functional groups attached to an aromatic ring is 1. The number of benzene rings is 3. The standard InChI is InChI=1S/C31H31N5O4/c32-27-29(38)26-24(14-10-15-25(26)40-30(27)31-33-35-36-34-31)28(37)22-16-18-23(19-17-22)39-20-9-4-2-1-3-6-11-21-12-7-5-8-13-21/h5,7-8,10,12-19H,1-4,6,9,11,20,32H2,(H,33,34,35,36). The molecule has 0 unspecified atom stereocenters. The Hall–Kier alpha value is -4.79. The number of fused-ring (bicyclic) bond motifs is 1. The smallest absolute Gasteiger partial charge is 0.217 e. The first-order chi connectivity index (χ1) is 19.6. The minimum Gasteiger partial charge on any atom is -0.494 e. The maximum Gasteiger partial charge on any atom is 0.217 e. The van der Waals surface area contributed by atoms with Gasteiger partial charge in [0.1, 0.15) is 17.0 Å². The second-order valence-electron chi connectivity index (χ2n) is 9.66. The van der Waals surface area contributed by atoms with Crippen LogP contribution in [0, 0.1) is 0 Å². The number of rotatable bonds is 13. The second kappa shape index (κ2) is 12.8. The molecule has 2 heterocycles. The van der Waals surface area contributed by atoms with Crippen LogP contribution in [0.3, 0.4) is 0 Å². The molecule has 2 aromatic heterocycles. The van der Waals surface area contributed by atoms with Crippen LogP contribution < -0.4 is 15.9 Å². The summed E-state index contributed by atoms with van der Waals surface area (Å²) in [6.07, 6.45) is 8.17. The van der Waals surface area contributed by atoms with E-state index >= 15 is 0 Å². The van der Waals surface area contributed by atoms with Crippen molar-refractivity contribution in [2.24, 2.45) is 0 Å². The SMILES string of the molecule is Nc1c(-c2nnn[nH]2)oc2cccc(C(=O)c3ccc(OCCCCCCCCc4ccccc4)cc3)c2c1=O. The van der Waals surface area contributed by atoms with Crippen LogP contribution in [-0.4, -0.2) is 33.0 Å². The largest absolute Gasteiger partial charge is 0.494 e. The number of unbranched alkanes of at least 4 members (excludes halogenated alkanes) is 5. The summed E-state index contributed by atoms with van der Waals surface area (Å²) in [4.78, 5) is 26.5. The number of aromatic nitrogens is 4. The van der Waals surface area contributed by atoms with Gasteiger partial charge >= 0.3 is 0 Å². The fraction of sp³-hybridized carbons (Fsp3) is 0.258. The third-order valence-electron chi connectivity index (χ3n) is 6.85. The molecule has 0 saturated heterocycles. The first-order valence-corrected chi connectivity index (χ1v) is 13.5. The monoisotopic (exact) mass is 537 g/mol. The van der Waals surface area contributed by atoms with Gasteiger partial charge in [0.25, 0.3) is 0 Å². The maximum atomic E-state index is 13.3. The normalized spacial score (nSPS) is 11.1. The quantitative estimate of drug-likeness (QED) is 0.143. The third kappa shape index (κ3) is 6.26. The van der Waals surface area contributed by atoms with Crippen LogP contribution in [0.25, 0.3) is 22.6 Å². The van der Waals surface area contributed by atoms with Gasteiger partial charge in [0.15, 0.2) is 11.5 Å². The van der Waals surface area contributed by atoms with E-state index in [-0.39, 0.29) is 39.6 Å². The molecular formula is C31H31N5O4. The van der Waals surface area contributed by atoms with Gasteiger partial charge in [0, 0.05) is 11.1 Å². The fourth-order valence-corrected chi connectivity index (χ4v) is 4.70. The summed E-state index contributed by atoms with van der Waals surface area (Å²) < 4.78 is 11.7. The molecule has 0 bridgehead atoms. The zero-order valence-corrected chi connectivity index (χ0v) is 22.1. The van der Waals surface area contributed by atoms with E-state index in [0.717, 1.165) is 19.3 Å². The topological polar surface area (TPSA) is 137 Å². The van der Waals surface area contributed by atoms with Gasteiger partial charge in [-0.05, 0) is 65.6 Å². The summed E-state index contributed by atoms with van der Waals surface area (Å²) in [7, 11) is 0. The molecular weight excluding hydrogens is 506 g/mol. The van der Waals surface area contributed by atoms with Gasteiger partial charge in [-0.25, -0.2) is 5.10 Å². The lowest BCUT2D eigenvalue weighted by Crippen LogP contribution is -2.14. The molecule has 40 heavy (non-hydrogen) atoms. The number of hydrogen-bond acceptors (Lipinski definition) is 8. The van der Waals surface area contributed by atoms with Crippen LogP contribution in [0.1, 0.15) is 60.0 Å². The number of aromatic amines is 1. The maximum absolute atomic E-state index is 13.3. The number of carbonyl (C=O) groups excluding carboxylic acids is 1. The van der Waals surface area contributed by atoms with E-state index in [9.17, 15) is 9.59 Å². The van der Waals surface area contributed by atoms with Gasteiger partial charge in [-0.3, -0.25) is 9.59 Å². The molecule has 0 saturated carbocycles. The van der Waals surface area contributed by atoms with E-state index in [2.05, 4.69) is 51.0 Å². The van der Waals surface area contributed by atoms with Crippen molar-refractivity contribution in [2.75, 3.05) is 12.3 Å². The number of H-pyrrole nitrogens is 1. The predicted molar refractivity (Wildman–Crippen MR) is 153 cm³/mol. The minimum absolute atomic E-state index is 0.0247. The molecule has 3 N–H and O–H groups in total. The fourth-order valence-electron chi connectivity index (χ4n) is 4.70. The average molecular weight is 538 g/mol. The highest BCUT2D eigenvalue weighted by Crippen LogP contribution is 2.27. The van der Waals surface area contributed by atoms with Crippen molar-refractivity contribution in [1.82, 2.24) is 20.6 Å². The third-order valence-corrected chi connectivity index (χ3v) is 6.85. The van der Waals surface area contributed by atoms with Crippen LogP contribution in [-0.2, 0) is 6.42 Å². The molecule has 9 heteroatoms. The highest BCUT2D eigenvalue weighted by molar-refractivity contribution is 6.16. The molecule has 5 aromatic rings. The molecule has 0 aliphatic rings. The zero-order valence-electron chi connectivity index (χ0n) is 22.1. The van der Waals surface area contributed by atoms with Crippen molar-refractivity contribution >= 4 is 22.4 Å². The summed E-state index contributed by atoms with van der Waals surface area (Å²) in [5.74, 6) is 0.538. The molecule has 0 spiro atoms. The summed E-state index contributed by atoms with van der Waals surface area (Å²) in [5.41, 5.74) is 7.60. The van der Waals surface area contributed by atoms with Crippen LogP contribution in [0.15, 0.2) is 82.0 Å². The number of nitrogens with zero attached hydrogens (tertiary/aromatic N) is 3. The molecule has 5 rings (SSSR count). The highest BCUT2D eigenvalue weighted by atomic mass is 16.5. The summed E-state index contributed by atoms with van der Waals surface area (Å²) in [5, 5.41) is 13.4. The van der Waals surface area contributed by atoms with Gasteiger partial charge in [0.05, 0.1) is 12.0 Å². The lowest BCUT2D eigenvalue weighted by molar-refractivity contribution is 0.104. The Labute approximate surface area is 231 Å². The van der Waals surface area contributed by atoms with Crippen molar-refractivity contribution in [1.29, 1.82) is 0 Å². The van der Waals surface area contributed by atoms with Gasteiger partial charge in [-0.1, -0.05) is 68.1 Å². The van der Waals surface area contributed by atoms with E-state index in [0.29, 0.717) is 17.9 Å². The summed E-state index contributed by atoms with van der Waals surface area (Å²) in [6.45, 7) is 0.629. The molecule has 0 aliphatic carbocycles. The zero-order chi connectivity index (χ0) is 27.7. The molecule has 0 atom stereocenters. The average Bonchev–Trinajstić information content (AvgIpc) is 3.53. The van der Waals surface area contributed by atoms with Gasteiger partial charge < -0.3 is 14.9 Å². The molecule has 204 valence electrons. The first-order valence-electron chi connectivity index (χ1n) is 13.5. The number of hydrogen-bond donors (Lipinski definition) is 2. The number of ether oxygens (including phenoxy) is 1. The van der Waals surface area contributed by atoms with Crippen LogP contribution in [0.5, 0.6) is 5.75 Å². The molecule has 0 radical (unpaired) electrons. The van der Waals surface area contributed by atoms with Crippen molar-refractivity contribution in [2.45, 2.75) is 44.9 Å². The Morgan fingerprint density at radius 1 is 0.875 bits per heavy atom. The molecule has 9 nitrogen and oxygen atoms in total. The van der Waals surface area contributed by atoms with E-state index < -0.39 is 5.43 Å². The number of nitrogens with two attached hydrogens (primary N) is 1. The van der Waals surface area contributed by atoms with Crippen molar-refractivity contribution < 1.29 is 13.9 Å². The van der Waals surface area contributed by atoms with Crippen LogP contribution in [0.4, 0.5) is 5.69 Å². The Morgan fingerprint density at radius 3 is 2.38 bits per heavy atom. The van der Waals surface area contributed by atoms with Crippen molar-refractivity contribution in [3.05, 3.63) is 99.7 Å². The molecule has 0 aliphatic heterocycles. The van der Waals surface area contributed by atoms with Crippen molar-refractivity contribution in [3.8, 4) is 17.3 Å². The highest BCUT2D eigenvalue weighted by Gasteiger charge is 2.21. The van der Waals surface area contributed by atoms with Crippen LogP contribution in [0.2, 0.25) is 0 Å². The van der Waals surface area contributed by atoms with E-state index in [1.165, 1.54) is 31.2 Å². The number of anilines is 1. The minimum atomic E-state index is -0.521. The van der Waals surface area contributed by atoms with E-state index in [4.69, 9.17) is 14.9 Å². The van der Waals surface area contributed by atoms with E-state index in [1.807, 2.05) is 0 Å². The predicted octanol–water partition coefficient (Wildman–Crippen LogP) is 5.75. The molecule has 0 amide bonds. The second-order valence-corrected chi connectivity index (χ2v) is 9.66.